The molecule has 2 heterocycles. The highest BCUT2D eigenvalue weighted by Gasteiger charge is 2.15. The number of carboxylic acids is 1. The fraction of sp³-hybridized carbons (Fsp3) is 0.143. The fourth-order valence-electron chi connectivity index (χ4n) is 2.21. The quantitative estimate of drug-likeness (QED) is 0.702. The number of carbonyl (C=O) groups is 1. The summed E-state index contributed by atoms with van der Waals surface area (Å²) in [6.07, 6.45) is 1.68. The third-order valence-electron chi connectivity index (χ3n) is 3.34. The molecule has 96 valence electrons. The van der Waals surface area contributed by atoms with Crippen LogP contribution in [0.4, 0.5) is 0 Å². The van der Waals surface area contributed by atoms with Gasteiger partial charge in [-0.2, -0.15) is 0 Å². The Labute approximate surface area is 114 Å². The largest absolute Gasteiger partial charge is 0.481 e. The molecule has 1 atom stereocenters. The first-order valence-electron chi connectivity index (χ1n) is 5.86. The summed E-state index contributed by atoms with van der Waals surface area (Å²) < 4.78 is 0. The van der Waals surface area contributed by atoms with Crippen LogP contribution in [0.2, 0.25) is 5.15 Å². The number of rotatable bonds is 2. The van der Waals surface area contributed by atoms with Crippen molar-refractivity contribution in [3.63, 3.8) is 0 Å². The summed E-state index contributed by atoms with van der Waals surface area (Å²) in [5.74, 6) is -1.36. The van der Waals surface area contributed by atoms with Gasteiger partial charge in [0.2, 0.25) is 0 Å². The molecule has 0 fully saturated rings. The fourth-order valence-corrected chi connectivity index (χ4v) is 2.37. The van der Waals surface area contributed by atoms with Gasteiger partial charge in [0.25, 0.3) is 0 Å². The molecule has 5 heteroatoms. The molecule has 2 N–H and O–H groups in total. The maximum atomic E-state index is 11.0. The SMILES string of the molecule is C[C@H](C(=O)O)c1ccc2c(c1)[nH]c1cnc(Cl)cc12. The summed E-state index contributed by atoms with van der Waals surface area (Å²) in [6, 6.07) is 7.42. The first kappa shape index (κ1) is 12.0. The van der Waals surface area contributed by atoms with E-state index in [4.69, 9.17) is 16.7 Å². The van der Waals surface area contributed by atoms with Gasteiger partial charge in [0.1, 0.15) is 5.15 Å². The van der Waals surface area contributed by atoms with Crippen molar-refractivity contribution in [1.82, 2.24) is 9.97 Å². The van der Waals surface area contributed by atoms with Crippen LogP contribution in [0.3, 0.4) is 0 Å². The molecular weight excluding hydrogens is 264 g/mol. The average molecular weight is 275 g/mol. The van der Waals surface area contributed by atoms with Gasteiger partial charge < -0.3 is 10.1 Å². The van der Waals surface area contributed by atoms with Crippen LogP contribution in [0.5, 0.6) is 0 Å². The summed E-state index contributed by atoms with van der Waals surface area (Å²) in [5.41, 5.74) is 2.55. The van der Waals surface area contributed by atoms with Crippen molar-refractivity contribution in [2.75, 3.05) is 0 Å². The monoisotopic (exact) mass is 274 g/mol. The summed E-state index contributed by atoms with van der Waals surface area (Å²) in [6.45, 7) is 1.67. The molecule has 0 saturated heterocycles. The summed E-state index contributed by atoms with van der Waals surface area (Å²) in [4.78, 5) is 18.3. The zero-order valence-corrected chi connectivity index (χ0v) is 10.9. The van der Waals surface area contributed by atoms with Crippen LogP contribution in [-0.2, 0) is 4.79 Å². The number of aromatic nitrogens is 2. The molecule has 2 aromatic heterocycles. The van der Waals surface area contributed by atoms with Crippen molar-refractivity contribution in [3.05, 3.63) is 41.2 Å². The molecule has 0 radical (unpaired) electrons. The standard InChI is InChI=1S/C14H11ClN2O2/c1-7(14(18)19)8-2-3-9-10-5-13(15)16-6-12(10)17-11(9)4-8/h2-7,17H,1H3,(H,18,19)/t7-/m0/s1. The Kier molecular flexibility index (Phi) is 2.68. The highest BCUT2D eigenvalue weighted by molar-refractivity contribution is 6.30. The molecule has 0 spiro atoms. The van der Waals surface area contributed by atoms with Crippen molar-refractivity contribution in [1.29, 1.82) is 0 Å². The van der Waals surface area contributed by atoms with Gasteiger partial charge in [-0.15, -0.1) is 0 Å². The van der Waals surface area contributed by atoms with Crippen molar-refractivity contribution < 1.29 is 9.90 Å². The molecule has 19 heavy (non-hydrogen) atoms. The third kappa shape index (κ3) is 1.94. The molecule has 3 rings (SSSR count). The average Bonchev–Trinajstić information content (AvgIpc) is 2.74. The molecule has 1 aromatic carbocycles. The summed E-state index contributed by atoms with van der Waals surface area (Å²) in [7, 11) is 0. The van der Waals surface area contributed by atoms with Crippen LogP contribution in [0.25, 0.3) is 21.8 Å². The molecule has 4 nitrogen and oxygen atoms in total. The van der Waals surface area contributed by atoms with E-state index < -0.39 is 11.9 Å². The van der Waals surface area contributed by atoms with Crippen molar-refractivity contribution in [3.8, 4) is 0 Å². The second kappa shape index (κ2) is 4.24. The Bertz CT molecular complexity index is 795. The Morgan fingerprint density at radius 2 is 2.11 bits per heavy atom. The molecule has 0 aliphatic carbocycles. The normalized spacial score (nSPS) is 12.9. The van der Waals surface area contributed by atoms with Gasteiger partial charge in [0, 0.05) is 16.3 Å². The van der Waals surface area contributed by atoms with E-state index in [-0.39, 0.29) is 0 Å². The predicted octanol–water partition coefficient (Wildman–Crippen LogP) is 3.56. The minimum Gasteiger partial charge on any atom is -0.481 e. The number of fused-ring (bicyclic) bond motifs is 3. The summed E-state index contributed by atoms with van der Waals surface area (Å²) >= 11 is 5.90. The lowest BCUT2D eigenvalue weighted by Gasteiger charge is -2.06. The second-order valence-electron chi connectivity index (χ2n) is 4.54. The van der Waals surface area contributed by atoms with Crippen LogP contribution in [0, 0.1) is 0 Å². The minimum absolute atomic E-state index is 0.441. The number of hydrogen-bond acceptors (Lipinski definition) is 2. The number of nitrogens with one attached hydrogen (secondary N) is 1. The van der Waals surface area contributed by atoms with E-state index >= 15 is 0 Å². The first-order valence-corrected chi connectivity index (χ1v) is 6.24. The van der Waals surface area contributed by atoms with Crippen molar-refractivity contribution in [2.24, 2.45) is 0 Å². The Hall–Kier alpha value is -2.07. The zero-order chi connectivity index (χ0) is 13.6. The van der Waals surface area contributed by atoms with E-state index in [1.807, 2.05) is 18.2 Å². The van der Waals surface area contributed by atoms with Gasteiger partial charge in [-0.1, -0.05) is 23.7 Å². The highest BCUT2D eigenvalue weighted by atomic mass is 35.5. The highest BCUT2D eigenvalue weighted by Crippen LogP contribution is 2.29. The third-order valence-corrected chi connectivity index (χ3v) is 3.55. The molecule has 0 saturated carbocycles. The van der Waals surface area contributed by atoms with Gasteiger partial charge in [0.15, 0.2) is 0 Å². The predicted molar refractivity (Wildman–Crippen MR) is 74.7 cm³/mol. The molecule has 3 aromatic rings. The van der Waals surface area contributed by atoms with E-state index in [0.717, 1.165) is 27.4 Å². The number of aliphatic carboxylic acids is 1. The van der Waals surface area contributed by atoms with Gasteiger partial charge in [0.05, 0.1) is 17.6 Å². The minimum atomic E-state index is -0.833. The van der Waals surface area contributed by atoms with Crippen LogP contribution < -0.4 is 0 Å². The Morgan fingerprint density at radius 3 is 2.84 bits per heavy atom. The van der Waals surface area contributed by atoms with Crippen LogP contribution in [0.15, 0.2) is 30.5 Å². The molecule has 0 bridgehead atoms. The number of pyridine rings is 1. The number of carboxylic acid groups (broad SMARTS) is 1. The maximum absolute atomic E-state index is 11.0. The number of H-pyrrole nitrogens is 1. The zero-order valence-electron chi connectivity index (χ0n) is 10.1. The van der Waals surface area contributed by atoms with Gasteiger partial charge in [-0.25, -0.2) is 4.98 Å². The molecule has 0 unspecified atom stereocenters. The van der Waals surface area contributed by atoms with Crippen LogP contribution in [-0.4, -0.2) is 21.0 Å². The van der Waals surface area contributed by atoms with Crippen LogP contribution >= 0.6 is 11.6 Å². The van der Waals surface area contributed by atoms with E-state index in [1.165, 1.54) is 0 Å². The summed E-state index contributed by atoms with van der Waals surface area (Å²) in [5, 5.41) is 11.5. The number of nitrogens with zero attached hydrogens (tertiary/aromatic N) is 1. The number of hydrogen-bond donors (Lipinski definition) is 2. The lowest BCUT2D eigenvalue weighted by atomic mass is 10.00. The van der Waals surface area contributed by atoms with E-state index in [0.29, 0.717) is 5.15 Å². The van der Waals surface area contributed by atoms with E-state index in [9.17, 15) is 4.79 Å². The molecule has 0 aliphatic heterocycles. The number of halogens is 1. The van der Waals surface area contributed by atoms with Gasteiger partial charge in [-0.3, -0.25) is 4.79 Å². The molecule has 0 aliphatic rings. The molecular formula is C14H11ClN2O2. The Morgan fingerprint density at radius 1 is 1.32 bits per heavy atom. The van der Waals surface area contributed by atoms with Crippen LogP contribution in [0.1, 0.15) is 18.4 Å². The Balaban J connectivity index is 2.24. The van der Waals surface area contributed by atoms with Gasteiger partial charge in [-0.05, 0) is 24.6 Å². The molecule has 0 amide bonds. The lowest BCUT2D eigenvalue weighted by molar-refractivity contribution is -0.138. The second-order valence-corrected chi connectivity index (χ2v) is 4.93. The van der Waals surface area contributed by atoms with E-state index in [2.05, 4.69) is 9.97 Å². The van der Waals surface area contributed by atoms with Crippen molar-refractivity contribution >= 4 is 39.4 Å². The van der Waals surface area contributed by atoms with Crippen molar-refractivity contribution in [2.45, 2.75) is 12.8 Å². The van der Waals surface area contributed by atoms with Gasteiger partial charge >= 0.3 is 5.97 Å². The lowest BCUT2D eigenvalue weighted by Crippen LogP contribution is -2.06. The number of benzene rings is 1. The van der Waals surface area contributed by atoms with E-state index in [1.54, 1.807) is 19.2 Å². The number of aromatic amines is 1. The smallest absolute Gasteiger partial charge is 0.310 e. The topological polar surface area (TPSA) is 66.0 Å². The maximum Gasteiger partial charge on any atom is 0.310 e. The first-order chi connectivity index (χ1) is 9.06.